The smallest absolute Gasteiger partial charge is 0.164 e. The predicted octanol–water partition coefficient (Wildman–Crippen LogP) is 5.34. The number of aromatic amines is 1. The summed E-state index contributed by atoms with van der Waals surface area (Å²) in [5.41, 5.74) is 6.34. The van der Waals surface area contributed by atoms with Crippen molar-refractivity contribution in [1.29, 1.82) is 0 Å². The van der Waals surface area contributed by atoms with Gasteiger partial charge in [0.1, 0.15) is 28.9 Å². The normalized spacial score (nSPS) is 17.9. The Bertz CT molecular complexity index is 2480. The van der Waals surface area contributed by atoms with Gasteiger partial charge in [-0.3, -0.25) is 4.40 Å². The van der Waals surface area contributed by atoms with Crippen LogP contribution in [-0.2, 0) is 0 Å². The van der Waals surface area contributed by atoms with E-state index < -0.39 is 0 Å². The first-order valence-electron chi connectivity index (χ1n) is 13.2. The molecular formula is C32H18N8. The fourth-order valence-corrected chi connectivity index (χ4v) is 6.38. The molecule has 0 amide bonds. The van der Waals surface area contributed by atoms with Crippen molar-refractivity contribution in [2.75, 3.05) is 5.32 Å². The van der Waals surface area contributed by atoms with Gasteiger partial charge in [-0.15, -0.1) is 0 Å². The Morgan fingerprint density at radius 1 is 0.625 bits per heavy atom. The highest BCUT2D eigenvalue weighted by Crippen LogP contribution is 2.37. The Morgan fingerprint density at radius 2 is 1.35 bits per heavy atom. The molecule has 8 heteroatoms. The molecule has 6 heterocycles. The third-order valence-electron chi connectivity index (χ3n) is 8.14. The van der Waals surface area contributed by atoms with Crippen molar-refractivity contribution in [3.8, 4) is 0 Å². The lowest BCUT2D eigenvalue weighted by atomic mass is 10.1. The van der Waals surface area contributed by atoms with Gasteiger partial charge in [-0.25, -0.2) is 25.0 Å². The Kier molecular flexibility index (Phi) is 3.59. The van der Waals surface area contributed by atoms with Gasteiger partial charge in [0, 0.05) is 38.2 Å². The van der Waals surface area contributed by atoms with Crippen LogP contribution >= 0.6 is 0 Å². The van der Waals surface area contributed by atoms with Crippen LogP contribution in [0.25, 0.3) is 38.1 Å². The maximum absolute atomic E-state index is 5.28. The molecule has 1 atom stereocenters. The first-order valence-corrected chi connectivity index (χ1v) is 13.2. The van der Waals surface area contributed by atoms with Crippen LogP contribution in [0.4, 0.5) is 11.6 Å². The van der Waals surface area contributed by atoms with Crippen molar-refractivity contribution in [2.24, 2.45) is 20.0 Å². The average molecular weight is 515 g/mol. The number of anilines is 1. The molecule has 4 aromatic carbocycles. The Labute approximate surface area is 225 Å². The lowest BCUT2D eigenvalue weighted by Gasteiger charge is -2.12. The van der Waals surface area contributed by atoms with Crippen molar-refractivity contribution in [1.82, 2.24) is 14.4 Å². The molecule has 7 aromatic rings. The van der Waals surface area contributed by atoms with E-state index >= 15 is 0 Å². The number of benzene rings is 4. The highest BCUT2D eigenvalue weighted by Gasteiger charge is 2.28. The Morgan fingerprint density at radius 3 is 2.20 bits per heavy atom. The molecule has 0 aliphatic carbocycles. The molecule has 3 aliphatic rings. The SMILES string of the molecule is c1ccc2c(c1)C1=N/C2=N\c2[nH]c(c3ccccc23)NC2N=c3c4c2cccc4nc2c4ccccc4c(n32)=N1. The minimum atomic E-state index is -0.304. The van der Waals surface area contributed by atoms with E-state index in [4.69, 9.17) is 25.0 Å². The second kappa shape index (κ2) is 7.06. The summed E-state index contributed by atoms with van der Waals surface area (Å²) < 4.78 is 2.10. The van der Waals surface area contributed by atoms with E-state index in [2.05, 4.69) is 69.3 Å². The highest BCUT2D eigenvalue weighted by molar-refractivity contribution is 6.23. The van der Waals surface area contributed by atoms with Gasteiger partial charge in [0.25, 0.3) is 0 Å². The summed E-state index contributed by atoms with van der Waals surface area (Å²) in [6.07, 6.45) is -0.304. The average Bonchev–Trinajstić information content (AvgIpc) is 3.72. The van der Waals surface area contributed by atoms with E-state index in [-0.39, 0.29) is 6.17 Å². The zero-order valence-electron chi connectivity index (χ0n) is 20.9. The quantitative estimate of drug-likeness (QED) is 0.286. The zero-order chi connectivity index (χ0) is 25.9. The van der Waals surface area contributed by atoms with Crippen molar-refractivity contribution >= 4 is 61.4 Å². The van der Waals surface area contributed by atoms with E-state index in [1.54, 1.807) is 0 Å². The van der Waals surface area contributed by atoms with E-state index in [1.807, 2.05) is 36.4 Å². The molecule has 0 fully saturated rings. The Balaban J connectivity index is 1.44. The van der Waals surface area contributed by atoms with Crippen LogP contribution in [0.2, 0.25) is 0 Å². The van der Waals surface area contributed by atoms with Gasteiger partial charge in [-0.05, 0) is 6.07 Å². The number of nitrogens with zero attached hydrogens (tertiary/aromatic N) is 6. The summed E-state index contributed by atoms with van der Waals surface area (Å²) in [4.78, 5) is 29.3. The standard InChI is InChI=1S/C32H18N8/c1-2-9-17-16(8-1)25-34-26-18-10-3-4-11-19(18)28(36-26)38-31-21-13-6-5-12-20(21)30-33-23-15-7-14-22-24(23)32(40(30)31)39-29(22)37-27(17)35-25/h1-15,29,35,37H/b34-26-,38-31?. The Hall–Kier alpha value is -5.63. The third-order valence-corrected chi connectivity index (χ3v) is 8.14. The molecule has 3 aromatic heterocycles. The van der Waals surface area contributed by atoms with E-state index in [0.29, 0.717) is 11.7 Å². The lowest BCUT2D eigenvalue weighted by molar-refractivity contribution is 0.816. The second-order valence-electron chi connectivity index (χ2n) is 10.3. The number of hydrogen-bond acceptors (Lipinski definition) is 6. The minimum Gasteiger partial charge on any atom is -0.346 e. The number of aromatic nitrogens is 3. The van der Waals surface area contributed by atoms with Gasteiger partial charge < -0.3 is 10.3 Å². The van der Waals surface area contributed by atoms with Crippen molar-refractivity contribution in [2.45, 2.75) is 6.17 Å². The molecule has 10 rings (SSSR count). The number of aliphatic imine (C=N–C) groups is 2. The molecule has 8 nitrogen and oxygen atoms in total. The monoisotopic (exact) mass is 514 g/mol. The highest BCUT2D eigenvalue weighted by atomic mass is 15.2. The fraction of sp³-hybridized carbons (Fsp3) is 0.0312. The van der Waals surface area contributed by atoms with E-state index in [0.717, 1.165) is 77.4 Å². The van der Waals surface area contributed by atoms with Crippen LogP contribution in [0.5, 0.6) is 0 Å². The summed E-state index contributed by atoms with van der Waals surface area (Å²) >= 11 is 0. The summed E-state index contributed by atoms with van der Waals surface area (Å²) in [6.45, 7) is 0. The zero-order valence-corrected chi connectivity index (χ0v) is 20.9. The summed E-state index contributed by atoms with van der Waals surface area (Å²) in [5.74, 6) is 2.88. The first-order chi connectivity index (χ1) is 19.8. The fourth-order valence-electron chi connectivity index (χ4n) is 6.38. The topological polar surface area (TPSA) is 94.6 Å². The van der Waals surface area contributed by atoms with Gasteiger partial charge in [-0.2, -0.15) is 0 Å². The molecule has 1 unspecified atom stereocenters. The van der Waals surface area contributed by atoms with Crippen LogP contribution in [0, 0.1) is 0 Å². The first kappa shape index (κ1) is 20.3. The number of amidine groups is 2. The second-order valence-corrected chi connectivity index (χ2v) is 10.3. The molecule has 0 saturated carbocycles. The number of nitrogens with one attached hydrogen (secondary N) is 2. The number of rotatable bonds is 0. The molecule has 0 saturated heterocycles. The van der Waals surface area contributed by atoms with Gasteiger partial charge in [0.05, 0.1) is 10.9 Å². The maximum atomic E-state index is 5.28. The van der Waals surface area contributed by atoms with Gasteiger partial charge in [0.2, 0.25) is 0 Å². The molecule has 40 heavy (non-hydrogen) atoms. The molecule has 0 spiro atoms. The van der Waals surface area contributed by atoms with E-state index in [9.17, 15) is 0 Å². The predicted molar refractivity (Wildman–Crippen MR) is 156 cm³/mol. The maximum Gasteiger partial charge on any atom is 0.164 e. The molecule has 0 radical (unpaired) electrons. The van der Waals surface area contributed by atoms with E-state index in [1.165, 1.54) is 0 Å². The van der Waals surface area contributed by atoms with Crippen LogP contribution in [0.1, 0.15) is 22.9 Å². The lowest BCUT2D eigenvalue weighted by Crippen LogP contribution is -2.26. The summed E-state index contributed by atoms with van der Waals surface area (Å²) in [7, 11) is 0. The molecule has 2 N–H and O–H groups in total. The number of H-pyrrole nitrogens is 1. The minimum absolute atomic E-state index is 0.304. The summed E-state index contributed by atoms with van der Waals surface area (Å²) in [6, 6.07) is 30.9. The molecule has 3 aliphatic heterocycles. The van der Waals surface area contributed by atoms with Crippen molar-refractivity contribution in [3.05, 3.63) is 119 Å². The third kappa shape index (κ3) is 2.48. The molecule has 6 bridgehead atoms. The van der Waals surface area contributed by atoms with Crippen LogP contribution < -0.4 is 16.3 Å². The van der Waals surface area contributed by atoms with Crippen molar-refractivity contribution < 1.29 is 0 Å². The van der Waals surface area contributed by atoms with Crippen LogP contribution in [-0.4, -0.2) is 26.0 Å². The van der Waals surface area contributed by atoms with Crippen molar-refractivity contribution in [3.63, 3.8) is 0 Å². The summed E-state index contributed by atoms with van der Waals surface area (Å²) in [5, 5.41) is 8.81. The number of hydrogen-bond donors (Lipinski definition) is 2. The van der Waals surface area contributed by atoms with Crippen LogP contribution in [0.3, 0.4) is 0 Å². The molecule has 186 valence electrons. The van der Waals surface area contributed by atoms with Crippen LogP contribution in [0.15, 0.2) is 111 Å². The van der Waals surface area contributed by atoms with Gasteiger partial charge >= 0.3 is 0 Å². The largest absolute Gasteiger partial charge is 0.346 e. The van der Waals surface area contributed by atoms with Gasteiger partial charge in [-0.1, -0.05) is 84.9 Å². The molecular weight excluding hydrogens is 496 g/mol. The number of fused-ring (bicyclic) bond motifs is 14. The van der Waals surface area contributed by atoms with Gasteiger partial charge in [0.15, 0.2) is 17.2 Å².